The van der Waals surface area contributed by atoms with E-state index >= 15 is 0 Å². The van der Waals surface area contributed by atoms with Gasteiger partial charge in [0.2, 0.25) is 0 Å². The first kappa shape index (κ1) is 10.1. The lowest BCUT2D eigenvalue weighted by Crippen LogP contribution is -2.18. The summed E-state index contributed by atoms with van der Waals surface area (Å²) in [7, 11) is 3.36. The van der Waals surface area contributed by atoms with Gasteiger partial charge in [0.25, 0.3) is 0 Å². The van der Waals surface area contributed by atoms with Crippen LogP contribution in [0.15, 0.2) is 12.1 Å². The molecule has 1 N–H and O–H groups in total. The Morgan fingerprint density at radius 2 is 1.93 bits per heavy atom. The minimum Gasteiger partial charge on any atom is -0.497 e. The number of fused-ring (bicyclic) bond motifs is 1. The third kappa shape index (κ3) is 1.52. The van der Waals surface area contributed by atoms with Gasteiger partial charge in [0.05, 0.1) is 19.9 Å². The summed E-state index contributed by atoms with van der Waals surface area (Å²) in [5, 5.41) is 3.38. The van der Waals surface area contributed by atoms with Crippen LogP contribution in [0.3, 0.4) is 0 Å². The highest BCUT2D eigenvalue weighted by atomic mass is 16.5. The van der Waals surface area contributed by atoms with E-state index in [0.29, 0.717) is 0 Å². The maximum Gasteiger partial charge on any atom is 0.145 e. The molecule has 0 fully saturated rings. The Bertz CT molecular complexity index is 385. The van der Waals surface area contributed by atoms with Crippen LogP contribution in [-0.4, -0.2) is 20.8 Å². The zero-order valence-corrected chi connectivity index (χ0v) is 9.68. The maximum absolute atomic E-state index is 5.35. The summed E-state index contributed by atoms with van der Waals surface area (Å²) in [5.41, 5.74) is 2.50. The van der Waals surface area contributed by atoms with Gasteiger partial charge in [0.1, 0.15) is 11.5 Å². The fourth-order valence-electron chi connectivity index (χ4n) is 1.99. The average molecular weight is 207 g/mol. The van der Waals surface area contributed by atoms with Gasteiger partial charge in [-0.25, -0.2) is 0 Å². The van der Waals surface area contributed by atoms with Crippen molar-refractivity contribution in [2.75, 3.05) is 26.1 Å². The number of hydrogen-bond donors (Lipinski definition) is 1. The Morgan fingerprint density at radius 1 is 1.20 bits per heavy atom. The summed E-state index contributed by atoms with van der Waals surface area (Å²) < 4.78 is 10.6. The smallest absolute Gasteiger partial charge is 0.145 e. The largest absolute Gasteiger partial charge is 0.497 e. The van der Waals surface area contributed by atoms with Gasteiger partial charge in [0.15, 0.2) is 0 Å². The molecule has 1 aromatic rings. The molecule has 1 aliphatic rings. The van der Waals surface area contributed by atoms with Crippen molar-refractivity contribution in [1.82, 2.24) is 0 Å². The van der Waals surface area contributed by atoms with Gasteiger partial charge in [-0.2, -0.15) is 0 Å². The van der Waals surface area contributed by atoms with E-state index in [1.807, 2.05) is 6.07 Å². The van der Waals surface area contributed by atoms with Crippen LogP contribution in [-0.2, 0) is 5.41 Å². The summed E-state index contributed by atoms with van der Waals surface area (Å²) in [6.07, 6.45) is 0. The lowest BCUT2D eigenvalue weighted by Gasteiger charge is -2.18. The molecule has 1 aliphatic heterocycles. The second-order valence-corrected chi connectivity index (χ2v) is 4.49. The van der Waals surface area contributed by atoms with Crippen LogP contribution in [0.2, 0.25) is 0 Å². The molecule has 0 amide bonds. The molecule has 0 spiro atoms. The van der Waals surface area contributed by atoms with Crippen molar-refractivity contribution in [2.24, 2.45) is 0 Å². The summed E-state index contributed by atoms with van der Waals surface area (Å²) in [5.74, 6) is 1.71. The SMILES string of the molecule is COc1cc(OC)c2c(c1)C(C)(C)CN2. The third-order valence-corrected chi connectivity index (χ3v) is 2.97. The van der Waals surface area contributed by atoms with Crippen molar-refractivity contribution < 1.29 is 9.47 Å². The molecule has 3 heteroatoms. The Balaban J connectivity index is 2.59. The number of ether oxygens (including phenoxy) is 2. The van der Waals surface area contributed by atoms with E-state index in [9.17, 15) is 0 Å². The molecular weight excluding hydrogens is 190 g/mol. The lowest BCUT2D eigenvalue weighted by molar-refractivity contribution is 0.394. The maximum atomic E-state index is 5.35. The monoisotopic (exact) mass is 207 g/mol. The number of benzene rings is 1. The second-order valence-electron chi connectivity index (χ2n) is 4.49. The topological polar surface area (TPSA) is 30.5 Å². The molecule has 0 saturated heterocycles. The molecule has 2 rings (SSSR count). The van der Waals surface area contributed by atoms with E-state index in [-0.39, 0.29) is 5.41 Å². The van der Waals surface area contributed by atoms with Gasteiger partial charge in [-0.1, -0.05) is 13.8 Å². The van der Waals surface area contributed by atoms with Crippen LogP contribution < -0.4 is 14.8 Å². The van der Waals surface area contributed by atoms with Crippen molar-refractivity contribution in [3.05, 3.63) is 17.7 Å². The Labute approximate surface area is 90.4 Å². The van der Waals surface area contributed by atoms with Crippen LogP contribution in [0.1, 0.15) is 19.4 Å². The summed E-state index contributed by atoms with van der Waals surface area (Å²) in [6, 6.07) is 3.99. The van der Waals surface area contributed by atoms with Crippen molar-refractivity contribution in [2.45, 2.75) is 19.3 Å². The highest BCUT2D eigenvalue weighted by molar-refractivity contribution is 5.70. The fourth-order valence-corrected chi connectivity index (χ4v) is 1.99. The zero-order valence-electron chi connectivity index (χ0n) is 9.68. The van der Waals surface area contributed by atoms with E-state index < -0.39 is 0 Å². The van der Waals surface area contributed by atoms with E-state index in [1.54, 1.807) is 14.2 Å². The molecule has 0 bridgehead atoms. The van der Waals surface area contributed by atoms with Gasteiger partial charge in [0, 0.05) is 18.0 Å². The summed E-state index contributed by atoms with van der Waals surface area (Å²) >= 11 is 0. The molecule has 3 nitrogen and oxygen atoms in total. The first-order chi connectivity index (χ1) is 7.08. The van der Waals surface area contributed by atoms with Gasteiger partial charge in [-0.15, -0.1) is 0 Å². The molecule has 0 radical (unpaired) electrons. The van der Waals surface area contributed by atoms with Gasteiger partial charge in [-0.3, -0.25) is 0 Å². The highest BCUT2D eigenvalue weighted by Crippen LogP contribution is 2.44. The Kier molecular flexibility index (Phi) is 2.25. The first-order valence-corrected chi connectivity index (χ1v) is 5.09. The van der Waals surface area contributed by atoms with Crippen LogP contribution >= 0.6 is 0 Å². The number of hydrogen-bond acceptors (Lipinski definition) is 3. The van der Waals surface area contributed by atoms with Gasteiger partial charge in [-0.05, 0) is 11.6 Å². The fraction of sp³-hybridized carbons (Fsp3) is 0.500. The lowest BCUT2D eigenvalue weighted by atomic mass is 9.87. The zero-order chi connectivity index (χ0) is 11.1. The van der Waals surface area contributed by atoms with Crippen LogP contribution in [0.25, 0.3) is 0 Å². The number of rotatable bonds is 2. The summed E-state index contributed by atoms with van der Waals surface area (Å²) in [4.78, 5) is 0. The minimum absolute atomic E-state index is 0.136. The Morgan fingerprint density at radius 3 is 2.53 bits per heavy atom. The number of anilines is 1. The molecule has 0 aliphatic carbocycles. The van der Waals surface area contributed by atoms with Gasteiger partial charge < -0.3 is 14.8 Å². The predicted molar refractivity (Wildman–Crippen MR) is 61.1 cm³/mol. The van der Waals surface area contributed by atoms with Crippen molar-refractivity contribution in [1.29, 1.82) is 0 Å². The van der Waals surface area contributed by atoms with E-state index in [0.717, 1.165) is 23.7 Å². The second kappa shape index (κ2) is 3.33. The molecule has 0 unspecified atom stereocenters. The highest BCUT2D eigenvalue weighted by Gasteiger charge is 2.32. The molecule has 0 saturated carbocycles. The first-order valence-electron chi connectivity index (χ1n) is 5.09. The molecule has 1 aromatic carbocycles. The summed E-state index contributed by atoms with van der Waals surface area (Å²) in [6.45, 7) is 5.36. The van der Waals surface area contributed by atoms with E-state index in [2.05, 4.69) is 25.2 Å². The Hall–Kier alpha value is -1.38. The molecule has 15 heavy (non-hydrogen) atoms. The quantitative estimate of drug-likeness (QED) is 0.807. The minimum atomic E-state index is 0.136. The molecule has 0 aromatic heterocycles. The van der Waals surface area contributed by atoms with Crippen molar-refractivity contribution in [3.8, 4) is 11.5 Å². The van der Waals surface area contributed by atoms with Crippen LogP contribution in [0.5, 0.6) is 11.5 Å². The van der Waals surface area contributed by atoms with Crippen molar-refractivity contribution in [3.63, 3.8) is 0 Å². The van der Waals surface area contributed by atoms with E-state index in [4.69, 9.17) is 9.47 Å². The molecule has 82 valence electrons. The predicted octanol–water partition coefficient (Wildman–Crippen LogP) is 2.41. The van der Waals surface area contributed by atoms with Gasteiger partial charge >= 0.3 is 0 Å². The average Bonchev–Trinajstić information content (AvgIpc) is 2.54. The number of nitrogens with one attached hydrogen (secondary N) is 1. The normalized spacial score (nSPS) is 16.8. The molecular formula is C12H17NO2. The molecule has 0 atom stereocenters. The van der Waals surface area contributed by atoms with Crippen molar-refractivity contribution >= 4 is 5.69 Å². The molecule has 1 heterocycles. The standard InChI is InChI=1S/C12H17NO2/c1-12(2)7-13-11-9(12)5-8(14-3)6-10(11)15-4/h5-6,13H,7H2,1-4H3. The van der Waals surface area contributed by atoms with E-state index in [1.165, 1.54) is 5.56 Å². The van der Waals surface area contributed by atoms with Crippen LogP contribution in [0.4, 0.5) is 5.69 Å². The third-order valence-electron chi connectivity index (χ3n) is 2.97. The van der Waals surface area contributed by atoms with Crippen LogP contribution in [0, 0.1) is 0 Å². The number of methoxy groups -OCH3 is 2.